The molecule has 1 atom stereocenters. The fourth-order valence-electron chi connectivity index (χ4n) is 2.40. The Morgan fingerprint density at radius 1 is 1.50 bits per heavy atom. The third-order valence-electron chi connectivity index (χ3n) is 3.37. The van der Waals surface area contributed by atoms with Crippen molar-refractivity contribution in [3.05, 3.63) is 24.1 Å². The van der Waals surface area contributed by atoms with Gasteiger partial charge in [-0.1, -0.05) is 13.8 Å². The average Bonchev–Trinajstić information content (AvgIpc) is 2.37. The Balaban J connectivity index is 1.91. The fourth-order valence-corrected chi connectivity index (χ4v) is 2.40. The Bertz CT molecular complexity index is 364. The highest BCUT2D eigenvalue weighted by molar-refractivity contribution is 5.38. The van der Waals surface area contributed by atoms with E-state index in [-0.39, 0.29) is 5.82 Å². The molecule has 0 bridgehead atoms. The van der Waals surface area contributed by atoms with E-state index in [0.29, 0.717) is 12.0 Å². The van der Waals surface area contributed by atoms with Crippen LogP contribution >= 0.6 is 0 Å². The van der Waals surface area contributed by atoms with Crippen LogP contribution in [0, 0.1) is 11.7 Å². The number of hydrogen-bond donors (Lipinski definition) is 1. The van der Waals surface area contributed by atoms with Crippen molar-refractivity contribution in [3.63, 3.8) is 0 Å². The topological polar surface area (TPSA) is 28.2 Å². The van der Waals surface area contributed by atoms with Crippen molar-refractivity contribution >= 4 is 5.82 Å². The van der Waals surface area contributed by atoms with Gasteiger partial charge in [-0.25, -0.2) is 9.37 Å². The molecule has 0 saturated carbocycles. The zero-order valence-electron chi connectivity index (χ0n) is 11.2. The Morgan fingerprint density at radius 2 is 2.33 bits per heavy atom. The molecular formula is C14H22FN3. The minimum Gasteiger partial charge on any atom is -0.356 e. The van der Waals surface area contributed by atoms with Crippen molar-refractivity contribution in [1.82, 2.24) is 10.3 Å². The summed E-state index contributed by atoms with van der Waals surface area (Å²) in [6, 6.07) is 3.79. The summed E-state index contributed by atoms with van der Waals surface area (Å²) in [5, 5.41) is 3.49. The van der Waals surface area contributed by atoms with Gasteiger partial charge < -0.3 is 10.2 Å². The lowest BCUT2D eigenvalue weighted by Crippen LogP contribution is -2.41. The minimum absolute atomic E-state index is 0.270. The summed E-state index contributed by atoms with van der Waals surface area (Å²) in [7, 11) is 0. The first-order valence-corrected chi connectivity index (χ1v) is 6.75. The summed E-state index contributed by atoms with van der Waals surface area (Å²) in [6.07, 6.45) is 3.74. The van der Waals surface area contributed by atoms with Crippen LogP contribution in [-0.2, 0) is 0 Å². The van der Waals surface area contributed by atoms with Crippen molar-refractivity contribution in [2.75, 3.05) is 24.5 Å². The summed E-state index contributed by atoms with van der Waals surface area (Å²) < 4.78 is 12.8. The Labute approximate surface area is 108 Å². The molecule has 0 spiro atoms. The molecule has 3 nitrogen and oxygen atoms in total. The van der Waals surface area contributed by atoms with Crippen molar-refractivity contribution in [2.24, 2.45) is 5.92 Å². The zero-order chi connectivity index (χ0) is 13.0. The fraction of sp³-hybridized carbons (Fsp3) is 0.643. The summed E-state index contributed by atoms with van der Waals surface area (Å²) in [4.78, 5) is 6.42. The zero-order valence-corrected chi connectivity index (χ0v) is 11.2. The largest absolute Gasteiger partial charge is 0.356 e. The predicted octanol–water partition coefficient (Wildman–Crippen LogP) is 2.44. The van der Waals surface area contributed by atoms with E-state index in [2.05, 4.69) is 29.0 Å². The maximum atomic E-state index is 12.8. The van der Waals surface area contributed by atoms with E-state index in [1.165, 1.54) is 25.1 Å². The van der Waals surface area contributed by atoms with Crippen LogP contribution < -0.4 is 10.2 Å². The van der Waals surface area contributed by atoms with Gasteiger partial charge >= 0.3 is 0 Å². The molecule has 1 fully saturated rings. The molecule has 1 aliphatic rings. The van der Waals surface area contributed by atoms with Crippen molar-refractivity contribution in [3.8, 4) is 0 Å². The van der Waals surface area contributed by atoms with Gasteiger partial charge in [-0.15, -0.1) is 0 Å². The molecule has 1 N–H and O–H groups in total. The summed E-state index contributed by atoms with van der Waals surface area (Å²) in [5.41, 5.74) is 0. The first kappa shape index (κ1) is 13.3. The molecule has 100 valence electrons. The van der Waals surface area contributed by atoms with Gasteiger partial charge in [-0.2, -0.15) is 0 Å². The van der Waals surface area contributed by atoms with Crippen LogP contribution in [0.1, 0.15) is 26.7 Å². The summed E-state index contributed by atoms with van der Waals surface area (Å²) in [6.45, 7) is 7.43. The first-order chi connectivity index (χ1) is 8.65. The van der Waals surface area contributed by atoms with Crippen LogP contribution in [0.4, 0.5) is 10.2 Å². The third kappa shape index (κ3) is 3.67. The number of halogens is 1. The van der Waals surface area contributed by atoms with Crippen molar-refractivity contribution in [1.29, 1.82) is 0 Å². The Morgan fingerprint density at radius 3 is 3.00 bits per heavy atom. The van der Waals surface area contributed by atoms with Crippen molar-refractivity contribution < 1.29 is 4.39 Å². The normalized spacial score (nSPS) is 20.4. The lowest BCUT2D eigenvalue weighted by Gasteiger charge is -2.34. The van der Waals surface area contributed by atoms with Crippen LogP contribution in [0.5, 0.6) is 0 Å². The molecule has 0 amide bonds. The lowest BCUT2D eigenvalue weighted by atomic mass is 9.97. The maximum absolute atomic E-state index is 12.8. The standard InChI is InChI=1S/C14H22FN3/c1-11(2)16-8-12-4-3-7-18(10-12)14-6-5-13(15)9-17-14/h5-6,9,11-12,16H,3-4,7-8,10H2,1-2H3. The van der Waals surface area contributed by atoms with E-state index in [4.69, 9.17) is 0 Å². The third-order valence-corrected chi connectivity index (χ3v) is 3.37. The molecule has 4 heteroatoms. The molecule has 2 rings (SSSR count). The average molecular weight is 251 g/mol. The van der Waals surface area contributed by atoms with Crippen LogP contribution in [-0.4, -0.2) is 30.7 Å². The molecule has 1 aliphatic heterocycles. The molecular weight excluding hydrogens is 229 g/mol. The van der Waals surface area contributed by atoms with Gasteiger partial charge in [0, 0.05) is 19.1 Å². The number of piperidine rings is 1. The molecule has 1 aromatic heterocycles. The second-order valence-electron chi connectivity index (χ2n) is 5.35. The van der Waals surface area contributed by atoms with E-state index in [1.54, 1.807) is 6.07 Å². The van der Waals surface area contributed by atoms with E-state index in [1.807, 2.05) is 0 Å². The van der Waals surface area contributed by atoms with Gasteiger partial charge in [0.2, 0.25) is 0 Å². The van der Waals surface area contributed by atoms with Crippen LogP contribution in [0.3, 0.4) is 0 Å². The van der Waals surface area contributed by atoms with E-state index in [9.17, 15) is 4.39 Å². The highest BCUT2D eigenvalue weighted by Gasteiger charge is 2.20. The molecule has 0 aliphatic carbocycles. The molecule has 0 aromatic carbocycles. The van der Waals surface area contributed by atoms with Gasteiger partial charge in [0.05, 0.1) is 6.20 Å². The lowest BCUT2D eigenvalue weighted by molar-refractivity contribution is 0.378. The van der Waals surface area contributed by atoms with Gasteiger partial charge in [-0.05, 0) is 37.4 Å². The number of nitrogens with one attached hydrogen (secondary N) is 1. The number of aromatic nitrogens is 1. The number of anilines is 1. The summed E-state index contributed by atoms with van der Waals surface area (Å²) in [5.74, 6) is 1.28. The predicted molar refractivity (Wildman–Crippen MR) is 72.3 cm³/mol. The number of nitrogens with zero attached hydrogens (tertiary/aromatic N) is 2. The second-order valence-corrected chi connectivity index (χ2v) is 5.35. The van der Waals surface area contributed by atoms with Gasteiger partial charge in [0.15, 0.2) is 0 Å². The highest BCUT2D eigenvalue weighted by Crippen LogP contribution is 2.21. The Hall–Kier alpha value is -1.16. The SMILES string of the molecule is CC(C)NCC1CCCN(c2ccc(F)cn2)C1. The minimum atomic E-state index is -0.270. The maximum Gasteiger partial charge on any atom is 0.141 e. The van der Waals surface area contributed by atoms with Crippen LogP contribution in [0.15, 0.2) is 18.3 Å². The molecule has 1 aromatic rings. The number of pyridine rings is 1. The molecule has 0 radical (unpaired) electrons. The quantitative estimate of drug-likeness (QED) is 0.891. The molecule has 18 heavy (non-hydrogen) atoms. The van der Waals surface area contributed by atoms with E-state index < -0.39 is 0 Å². The van der Waals surface area contributed by atoms with Crippen molar-refractivity contribution in [2.45, 2.75) is 32.7 Å². The van der Waals surface area contributed by atoms with Gasteiger partial charge in [0.1, 0.15) is 11.6 Å². The summed E-state index contributed by atoms with van der Waals surface area (Å²) >= 11 is 0. The monoisotopic (exact) mass is 251 g/mol. The molecule has 1 unspecified atom stereocenters. The van der Waals surface area contributed by atoms with Gasteiger partial charge in [-0.3, -0.25) is 0 Å². The van der Waals surface area contributed by atoms with Crippen LogP contribution in [0.2, 0.25) is 0 Å². The van der Waals surface area contributed by atoms with Gasteiger partial charge in [0.25, 0.3) is 0 Å². The van der Waals surface area contributed by atoms with E-state index in [0.717, 1.165) is 25.5 Å². The second kappa shape index (κ2) is 6.14. The van der Waals surface area contributed by atoms with Crippen LogP contribution in [0.25, 0.3) is 0 Å². The first-order valence-electron chi connectivity index (χ1n) is 6.75. The molecule has 2 heterocycles. The Kier molecular flexibility index (Phi) is 4.53. The number of hydrogen-bond acceptors (Lipinski definition) is 3. The molecule has 1 saturated heterocycles. The smallest absolute Gasteiger partial charge is 0.141 e. The number of rotatable bonds is 4. The highest BCUT2D eigenvalue weighted by atomic mass is 19.1. The van der Waals surface area contributed by atoms with E-state index >= 15 is 0 Å².